The van der Waals surface area contributed by atoms with Crippen molar-refractivity contribution in [3.05, 3.63) is 17.8 Å². The molecule has 4 heteroatoms. The Morgan fingerprint density at radius 3 is 2.94 bits per heavy atom. The van der Waals surface area contributed by atoms with Gasteiger partial charge in [-0.25, -0.2) is 0 Å². The summed E-state index contributed by atoms with van der Waals surface area (Å²) in [6.07, 6.45) is 5.52. The van der Waals surface area contributed by atoms with Gasteiger partial charge in [-0.1, -0.05) is 6.42 Å². The maximum absolute atomic E-state index is 9.02. The fourth-order valence-electron chi connectivity index (χ4n) is 2.00. The van der Waals surface area contributed by atoms with Gasteiger partial charge in [0.1, 0.15) is 6.07 Å². The fraction of sp³-hybridized carbons (Fsp3) is 0.583. The van der Waals surface area contributed by atoms with Crippen molar-refractivity contribution < 1.29 is 0 Å². The standard InChI is InChI=1S/C12H16N4/c1-2-16(9-10-4-3-5-10)12-11(8-13)6-7-14-15-12/h6-7,10H,2-5,9H2,1H3. The van der Waals surface area contributed by atoms with Crippen molar-refractivity contribution in [1.82, 2.24) is 10.2 Å². The van der Waals surface area contributed by atoms with Crippen molar-refractivity contribution in [3.63, 3.8) is 0 Å². The van der Waals surface area contributed by atoms with Crippen molar-refractivity contribution in [3.8, 4) is 6.07 Å². The van der Waals surface area contributed by atoms with Crippen LogP contribution in [0.5, 0.6) is 0 Å². The Bertz CT molecular complexity index is 392. The average Bonchev–Trinajstić information content (AvgIpc) is 2.28. The highest BCUT2D eigenvalue weighted by Gasteiger charge is 2.22. The Morgan fingerprint density at radius 2 is 2.38 bits per heavy atom. The van der Waals surface area contributed by atoms with E-state index >= 15 is 0 Å². The van der Waals surface area contributed by atoms with E-state index in [-0.39, 0.29) is 0 Å². The number of aromatic nitrogens is 2. The van der Waals surface area contributed by atoms with Crippen LogP contribution in [-0.2, 0) is 0 Å². The summed E-state index contributed by atoms with van der Waals surface area (Å²) in [5, 5.41) is 17.0. The molecular formula is C12H16N4. The molecular weight excluding hydrogens is 200 g/mol. The molecule has 1 aliphatic rings. The minimum Gasteiger partial charge on any atom is -0.354 e. The van der Waals surface area contributed by atoms with E-state index in [0.717, 1.165) is 24.8 Å². The lowest BCUT2D eigenvalue weighted by atomic mass is 9.85. The number of nitriles is 1. The first-order valence-corrected chi connectivity index (χ1v) is 5.82. The predicted octanol–water partition coefficient (Wildman–Crippen LogP) is 1.97. The van der Waals surface area contributed by atoms with Gasteiger partial charge < -0.3 is 4.90 Å². The van der Waals surface area contributed by atoms with Crippen LogP contribution in [0.1, 0.15) is 31.7 Å². The average molecular weight is 216 g/mol. The van der Waals surface area contributed by atoms with Crippen LogP contribution in [0.2, 0.25) is 0 Å². The van der Waals surface area contributed by atoms with Gasteiger partial charge >= 0.3 is 0 Å². The summed E-state index contributed by atoms with van der Waals surface area (Å²) in [6, 6.07) is 3.90. The molecule has 0 aliphatic heterocycles. The third-order valence-corrected chi connectivity index (χ3v) is 3.21. The lowest BCUT2D eigenvalue weighted by molar-refractivity contribution is 0.318. The molecule has 1 fully saturated rings. The lowest BCUT2D eigenvalue weighted by Gasteiger charge is -2.32. The van der Waals surface area contributed by atoms with Crippen LogP contribution in [0.15, 0.2) is 12.3 Å². The summed E-state index contributed by atoms with van der Waals surface area (Å²) in [4.78, 5) is 2.16. The Balaban J connectivity index is 2.15. The Labute approximate surface area is 95.9 Å². The van der Waals surface area contributed by atoms with E-state index < -0.39 is 0 Å². The quantitative estimate of drug-likeness (QED) is 0.772. The topological polar surface area (TPSA) is 52.8 Å². The molecule has 1 aromatic heterocycles. The number of anilines is 1. The first kappa shape index (κ1) is 10.9. The molecule has 0 saturated heterocycles. The van der Waals surface area contributed by atoms with Gasteiger partial charge in [-0.2, -0.15) is 10.4 Å². The summed E-state index contributed by atoms with van der Waals surface area (Å²) in [5.41, 5.74) is 0.621. The molecule has 0 N–H and O–H groups in total. The summed E-state index contributed by atoms with van der Waals surface area (Å²) in [5.74, 6) is 1.51. The first-order valence-electron chi connectivity index (χ1n) is 5.82. The summed E-state index contributed by atoms with van der Waals surface area (Å²) < 4.78 is 0. The fourth-order valence-corrected chi connectivity index (χ4v) is 2.00. The van der Waals surface area contributed by atoms with Crippen LogP contribution in [0.25, 0.3) is 0 Å². The van der Waals surface area contributed by atoms with Gasteiger partial charge in [-0.15, -0.1) is 5.10 Å². The zero-order valence-corrected chi connectivity index (χ0v) is 9.56. The van der Waals surface area contributed by atoms with Gasteiger partial charge in [0.25, 0.3) is 0 Å². The molecule has 1 heterocycles. The van der Waals surface area contributed by atoms with E-state index in [1.165, 1.54) is 19.3 Å². The van der Waals surface area contributed by atoms with Crippen LogP contribution in [0.3, 0.4) is 0 Å². The molecule has 2 rings (SSSR count). The van der Waals surface area contributed by atoms with Crippen LogP contribution < -0.4 is 4.90 Å². The van der Waals surface area contributed by atoms with Crippen LogP contribution in [0.4, 0.5) is 5.82 Å². The second-order valence-corrected chi connectivity index (χ2v) is 4.22. The van der Waals surface area contributed by atoms with Crippen molar-refractivity contribution in [2.45, 2.75) is 26.2 Å². The minimum absolute atomic E-state index is 0.621. The molecule has 1 aromatic rings. The van der Waals surface area contributed by atoms with Crippen molar-refractivity contribution in [2.75, 3.05) is 18.0 Å². The van der Waals surface area contributed by atoms with Crippen molar-refractivity contribution in [1.29, 1.82) is 5.26 Å². The molecule has 0 aromatic carbocycles. The maximum Gasteiger partial charge on any atom is 0.169 e. The third kappa shape index (κ3) is 2.13. The van der Waals surface area contributed by atoms with Gasteiger partial charge in [-0.3, -0.25) is 0 Å². The summed E-state index contributed by atoms with van der Waals surface area (Å²) >= 11 is 0. The highest BCUT2D eigenvalue weighted by molar-refractivity contribution is 5.52. The van der Waals surface area contributed by atoms with E-state index in [2.05, 4.69) is 28.1 Å². The van der Waals surface area contributed by atoms with Crippen LogP contribution >= 0.6 is 0 Å². The SMILES string of the molecule is CCN(CC1CCC1)c1nnccc1C#N. The van der Waals surface area contributed by atoms with Gasteiger partial charge in [-0.05, 0) is 31.7 Å². The maximum atomic E-state index is 9.02. The summed E-state index contributed by atoms with van der Waals surface area (Å²) in [7, 11) is 0. The molecule has 0 radical (unpaired) electrons. The highest BCUT2D eigenvalue weighted by atomic mass is 15.3. The zero-order valence-electron chi connectivity index (χ0n) is 9.56. The Kier molecular flexibility index (Phi) is 3.35. The lowest BCUT2D eigenvalue weighted by Crippen LogP contribution is -2.33. The smallest absolute Gasteiger partial charge is 0.169 e. The van der Waals surface area contributed by atoms with E-state index in [9.17, 15) is 0 Å². The molecule has 0 bridgehead atoms. The van der Waals surface area contributed by atoms with E-state index in [4.69, 9.17) is 5.26 Å². The molecule has 0 unspecified atom stereocenters. The number of hydrogen-bond donors (Lipinski definition) is 0. The Hall–Kier alpha value is -1.63. The third-order valence-electron chi connectivity index (χ3n) is 3.21. The molecule has 0 atom stereocenters. The number of rotatable bonds is 4. The van der Waals surface area contributed by atoms with E-state index in [0.29, 0.717) is 5.56 Å². The highest BCUT2D eigenvalue weighted by Crippen LogP contribution is 2.28. The van der Waals surface area contributed by atoms with Gasteiger partial charge in [0, 0.05) is 13.1 Å². The monoisotopic (exact) mass is 216 g/mol. The zero-order chi connectivity index (χ0) is 11.4. The number of hydrogen-bond acceptors (Lipinski definition) is 4. The molecule has 0 spiro atoms. The van der Waals surface area contributed by atoms with E-state index in [1.54, 1.807) is 12.3 Å². The molecule has 4 nitrogen and oxygen atoms in total. The molecule has 16 heavy (non-hydrogen) atoms. The van der Waals surface area contributed by atoms with Gasteiger partial charge in [0.2, 0.25) is 0 Å². The normalized spacial score (nSPS) is 15.2. The first-order chi connectivity index (χ1) is 7.85. The van der Waals surface area contributed by atoms with Gasteiger partial charge in [0.15, 0.2) is 5.82 Å². The van der Waals surface area contributed by atoms with Gasteiger partial charge in [0.05, 0.1) is 11.8 Å². The largest absolute Gasteiger partial charge is 0.354 e. The van der Waals surface area contributed by atoms with Crippen molar-refractivity contribution in [2.24, 2.45) is 5.92 Å². The predicted molar refractivity (Wildman–Crippen MR) is 62.0 cm³/mol. The van der Waals surface area contributed by atoms with Crippen LogP contribution in [0, 0.1) is 17.2 Å². The second-order valence-electron chi connectivity index (χ2n) is 4.22. The number of nitrogens with zero attached hydrogens (tertiary/aromatic N) is 4. The molecule has 1 aliphatic carbocycles. The molecule has 1 saturated carbocycles. The second kappa shape index (κ2) is 4.93. The molecule has 0 amide bonds. The summed E-state index contributed by atoms with van der Waals surface area (Å²) in [6.45, 7) is 3.97. The van der Waals surface area contributed by atoms with E-state index in [1.807, 2.05) is 0 Å². The van der Waals surface area contributed by atoms with Crippen LogP contribution in [-0.4, -0.2) is 23.3 Å². The Morgan fingerprint density at radius 1 is 1.56 bits per heavy atom. The van der Waals surface area contributed by atoms with Crippen molar-refractivity contribution >= 4 is 5.82 Å². The molecule has 84 valence electrons. The minimum atomic E-state index is 0.621.